The van der Waals surface area contributed by atoms with Gasteiger partial charge in [0.15, 0.2) is 11.5 Å². The number of carboxylic acids is 1. The summed E-state index contributed by atoms with van der Waals surface area (Å²) in [5, 5.41) is 12.0. The van der Waals surface area contributed by atoms with Crippen LogP contribution in [0.3, 0.4) is 0 Å². The van der Waals surface area contributed by atoms with E-state index in [-0.39, 0.29) is 5.56 Å². The zero-order valence-corrected chi connectivity index (χ0v) is 12.7. The molecule has 0 unspecified atom stereocenters. The van der Waals surface area contributed by atoms with Gasteiger partial charge in [0.25, 0.3) is 0 Å². The van der Waals surface area contributed by atoms with Crippen LogP contribution in [0.2, 0.25) is 0 Å². The summed E-state index contributed by atoms with van der Waals surface area (Å²) in [5.74, 6) is -0.0857. The molecular weight excluding hydrogens is 294 g/mol. The summed E-state index contributed by atoms with van der Waals surface area (Å²) >= 11 is 0. The Labute approximate surface area is 133 Å². The number of carbonyl (C=O) groups excluding carboxylic acids is 1. The third-order valence-electron chi connectivity index (χ3n) is 3.62. The third kappa shape index (κ3) is 2.68. The van der Waals surface area contributed by atoms with Crippen molar-refractivity contribution in [3.8, 4) is 22.8 Å². The highest BCUT2D eigenvalue weighted by atomic mass is 16.5. The molecule has 3 aromatic rings. The van der Waals surface area contributed by atoms with Crippen LogP contribution >= 0.6 is 0 Å². The predicted octanol–water partition coefficient (Wildman–Crippen LogP) is 2.28. The molecule has 116 valence electrons. The lowest BCUT2D eigenvalue weighted by atomic mass is 10.0. The lowest BCUT2D eigenvalue weighted by Gasteiger charge is -2.12. The average molecular weight is 308 g/mol. The molecule has 0 aliphatic carbocycles. The second-order valence-electron chi connectivity index (χ2n) is 4.93. The van der Waals surface area contributed by atoms with Crippen LogP contribution in [0, 0.1) is 0 Å². The number of carboxylic acid groups (broad SMARTS) is 1. The van der Waals surface area contributed by atoms with Crippen LogP contribution < -0.4 is 14.6 Å². The van der Waals surface area contributed by atoms with E-state index in [0.29, 0.717) is 28.1 Å². The van der Waals surface area contributed by atoms with Gasteiger partial charge in [0.05, 0.1) is 31.4 Å². The lowest BCUT2D eigenvalue weighted by Crippen LogP contribution is -2.22. The maximum atomic E-state index is 11.4. The Bertz CT molecular complexity index is 889. The number of pyridine rings is 1. The Morgan fingerprint density at radius 3 is 2.43 bits per heavy atom. The number of aromatic carboxylic acids is 1. The van der Waals surface area contributed by atoms with Gasteiger partial charge in [0, 0.05) is 16.5 Å². The average Bonchev–Trinajstić information content (AvgIpc) is 2.59. The molecule has 0 N–H and O–H groups in total. The minimum atomic E-state index is -1.23. The van der Waals surface area contributed by atoms with Crippen LogP contribution in [0.5, 0.6) is 11.5 Å². The normalized spacial score (nSPS) is 10.5. The van der Waals surface area contributed by atoms with E-state index in [2.05, 4.69) is 4.98 Å². The van der Waals surface area contributed by atoms with Gasteiger partial charge in [-0.3, -0.25) is 0 Å². The zero-order chi connectivity index (χ0) is 16.4. The quantitative estimate of drug-likeness (QED) is 0.739. The molecule has 1 aromatic heterocycles. The monoisotopic (exact) mass is 308 g/mol. The van der Waals surface area contributed by atoms with Crippen molar-refractivity contribution in [3.05, 3.63) is 54.1 Å². The second kappa shape index (κ2) is 5.96. The van der Waals surface area contributed by atoms with E-state index in [1.54, 1.807) is 50.6 Å². The number of aromatic nitrogens is 1. The summed E-state index contributed by atoms with van der Waals surface area (Å²) in [6.07, 6.45) is 0. The highest BCUT2D eigenvalue weighted by molar-refractivity contribution is 6.02. The summed E-state index contributed by atoms with van der Waals surface area (Å²) < 4.78 is 10.5. The fraction of sp³-hybridized carbons (Fsp3) is 0.111. The van der Waals surface area contributed by atoms with Crippen LogP contribution in [0.1, 0.15) is 10.4 Å². The van der Waals surface area contributed by atoms with E-state index in [4.69, 9.17) is 9.47 Å². The largest absolute Gasteiger partial charge is 0.545 e. The summed E-state index contributed by atoms with van der Waals surface area (Å²) in [7, 11) is 3.10. The molecule has 0 saturated heterocycles. The number of para-hydroxylation sites is 1. The number of carbonyl (C=O) groups is 1. The number of benzene rings is 2. The van der Waals surface area contributed by atoms with Crippen molar-refractivity contribution in [2.75, 3.05) is 14.2 Å². The molecule has 1 heterocycles. The van der Waals surface area contributed by atoms with Crippen LogP contribution in [0.25, 0.3) is 22.2 Å². The maximum Gasteiger partial charge on any atom is 0.161 e. The van der Waals surface area contributed by atoms with Crippen molar-refractivity contribution in [2.24, 2.45) is 0 Å². The van der Waals surface area contributed by atoms with E-state index in [1.807, 2.05) is 6.07 Å². The van der Waals surface area contributed by atoms with E-state index < -0.39 is 5.97 Å². The Hall–Kier alpha value is -3.08. The van der Waals surface area contributed by atoms with E-state index in [9.17, 15) is 9.90 Å². The highest BCUT2D eigenvalue weighted by Gasteiger charge is 2.11. The Morgan fingerprint density at radius 1 is 1.00 bits per heavy atom. The van der Waals surface area contributed by atoms with Gasteiger partial charge in [0.1, 0.15) is 0 Å². The van der Waals surface area contributed by atoms with Crippen molar-refractivity contribution in [3.63, 3.8) is 0 Å². The number of hydrogen-bond donors (Lipinski definition) is 0. The van der Waals surface area contributed by atoms with Crippen molar-refractivity contribution in [2.45, 2.75) is 0 Å². The molecule has 0 spiro atoms. The molecule has 23 heavy (non-hydrogen) atoms. The van der Waals surface area contributed by atoms with Gasteiger partial charge in [0.2, 0.25) is 0 Å². The number of methoxy groups -OCH3 is 2. The van der Waals surface area contributed by atoms with Crippen molar-refractivity contribution < 1.29 is 19.4 Å². The van der Waals surface area contributed by atoms with Gasteiger partial charge in [-0.1, -0.05) is 18.2 Å². The van der Waals surface area contributed by atoms with Gasteiger partial charge < -0.3 is 19.4 Å². The second-order valence-corrected chi connectivity index (χ2v) is 4.93. The molecule has 0 saturated carbocycles. The number of ether oxygens (including phenoxy) is 2. The lowest BCUT2D eigenvalue weighted by molar-refractivity contribution is -0.254. The van der Waals surface area contributed by atoms with Crippen molar-refractivity contribution in [1.29, 1.82) is 0 Å². The molecular formula is C18H14NO4-. The molecule has 5 nitrogen and oxygen atoms in total. The maximum absolute atomic E-state index is 11.4. The van der Waals surface area contributed by atoms with E-state index in [1.165, 1.54) is 6.07 Å². The van der Waals surface area contributed by atoms with Gasteiger partial charge in [-0.05, 0) is 30.3 Å². The van der Waals surface area contributed by atoms with E-state index in [0.717, 1.165) is 5.56 Å². The first-order chi connectivity index (χ1) is 11.1. The molecule has 2 aromatic carbocycles. The molecule has 0 bridgehead atoms. The minimum absolute atomic E-state index is 0.111. The summed E-state index contributed by atoms with van der Waals surface area (Å²) in [6.45, 7) is 0. The molecule has 0 amide bonds. The first kappa shape index (κ1) is 14.8. The van der Waals surface area contributed by atoms with Crippen molar-refractivity contribution in [1.82, 2.24) is 4.98 Å². The topological polar surface area (TPSA) is 71.5 Å². The van der Waals surface area contributed by atoms with Gasteiger partial charge in [-0.25, -0.2) is 4.98 Å². The van der Waals surface area contributed by atoms with Crippen LogP contribution in [-0.4, -0.2) is 25.2 Å². The fourth-order valence-corrected chi connectivity index (χ4v) is 2.49. The Morgan fingerprint density at radius 2 is 1.74 bits per heavy atom. The summed E-state index contributed by atoms with van der Waals surface area (Å²) in [4.78, 5) is 16.0. The fourth-order valence-electron chi connectivity index (χ4n) is 2.49. The van der Waals surface area contributed by atoms with Gasteiger partial charge >= 0.3 is 0 Å². The number of hydrogen-bond acceptors (Lipinski definition) is 5. The molecule has 0 aliphatic rings. The smallest absolute Gasteiger partial charge is 0.161 e. The third-order valence-corrected chi connectivity index (χ3v) is 3.62. The van der Waals surface area contributed by atoms with Crippen LogP contribution in [0.4, 0.5) is 0 Å². The number of nitrogens with zero attached hydrogens (tertiary/aromatic N) is 1. The molecule has 0 atom stereocenters. The zero-order valence-electron chi connectivity index (χ0n) is 12.7. The molecule has 0 fully saturated rings. The molecule has 5 heteroatoms. The van der Waals surface area contributed by atoms with Gasteiger partial charge in [-0.2, -0.15) is 0 Å². The molecule has 0 aliphatic heterocycles. The molecule has 0 radical (unpaired) electrons. The highest BCUT2D eigenvalue weighted by Crippen LogP contribution is 2.33. The minimum Gasteiger partial charge on any atom is -0.545 e. The number of rotatable bonds is 4. The summed E-state index contributed by atoms with van der Waals surface area (Å²) in [6, 6.07) is 13.9. The molecule has 3 rings (SSSR count). The SMILES string of the molecule is COc1ccc(-c2cc(C(=O)[O-])c3ccccc3n2)cc1OC. The number of fused-ring (bicyclic) bond motifs is 1. The van der Waals surface area contributed by atoms with Crippen LogP contribution in [0.15, 0.2) is 48.5 Å². The standard InChI is InChI=1S/C18H15NO4/c1-22-16-8-7-11(9-17(16)23-2)15-10-13(18(20)21)12-5-3-4-6-14(12)19-15/h3-10H,1-2H3,(H,20,21)/p-1. The Kier molecular flexibility index (Phi) is 3.85. The van der Waals surface area contributed by atoms with Crippen molar-refractivity contribution >= 4 is 16.9 Å². The van der Waals surface area contributed by atoms with Crippen LogP contribution in [-0.2, 0) is 0 Å². The first-order valence-corrected chi connectivity index (χ1v) is 6.97. The first-order valence-electron chi connectivity index (χ1n) is 6.97. The van der Waals surface area contributed by atoms with Gasteiger partial charge in [-0.15, -0.1) is 0 Å². The summed E-state index contributed by atoms with van der Waals surface area (Å²) in [5.41, 5.74) is 1.97. The predicted molar refractivity (Wildman–Crippen MR) is 84.6 cm³/mol. The Balaban J connectivity index is 2.22. The van der Waals surface area contributed by atoms with E-state index >= 15 is 0 Å².